The molecule has 1 unspecified atom stereocenters. The maximum Gasteiger partial charge on any atom is 0.404 e. The summed E-state index contributed by atoms with van der Waals surface area (Å²) in [7, 11) is 0. The van der Waals surface area contributed by atoms with Crippen LogP contribution >= 0.6 is 0 Å². The third kappa shape index (κ3) is 5.70. The molecule has 196 valence electrons. The predicted octanol–water partition coefficient (Wildman–Crippen LogP) is 6.15. The third-order valence-electron chi connectivity index (χ3n) is 6.71. The summed E-state index contributed by atoms with van der Waals surface area (Å²) in [6, 6.07) is 22.4. The molecule has 0 bridgehead atoms. The van der Waals surface area contributed by atoms with Gasteiger partial charge in [0.15, 0.2) is 6.23 Å². The molecule has 0 aliphatic carbocycles. The van der Waals surface area contributed by atoms with E-state index in [-0.39, 0.29) is 19.4 Å². The maximum atomic E-state index is 10.6. The van der Waals surface area contributed by atoms with Gasteiger partial charge in [-0.05, 0) is 66.6 Å². The Balaban J connectivity index is 1.52. The van der Waals surface area contributed by atoms with Crippen LogP contribution in [0, 0.1) is 0 Å². The fourth-order valence-corrected chi connectivity index (χ4v) is 4.91. The smallest absolute Gasteiger partial charge is 0.404 e. The van der Waals surface area contributed by atoms with Crippen LogP contribution in [-0.4, -0.2) is 45.7 Å². The van der Waals surface area contributed by atoms with Crippen molar-refractivity contribution in [2.24, 2.45) is 0 Å². The normalized spacial score (nSPS) is 16.2. The van der Waals surface area contributed by atoms with Crippen molar-refractivity contribution in [3.63, 3.8) is 0 Å². The molecule has 2 aromatic heterocycles. The Labute approximate surface area is 221 Å². The van der Waals surface area contributed by atoms with Crippen LogP contribution in [0.15, 0.2) is 72.9 Å². The zero-order chi connectivity index (χ0) is 26.3. The number of nitrogens with zero attached hydrogens (tertiary/aromatic N) is 3. The lowest BCUT2D eigenvalue weighted by atomic mass is 9.90. The van der Waals surface area contributed by atoms with E-state index in [1.54, 1.807) is 0 Å². The molecule has 3 heterocycles. The Morgan fingerprint density at radius 2 is 1.89 bits per heavy atom. The first-order chi connectivity index (χ1) is 18.6. The summed E-state index contributed by atoms with van der Waals surface area (Å²) in [4.78, 5) is 15.7. The molecular weight excluding hydrogens is 480 g/mol. The van der Waals surface area contributed by atoms with E-state index in [9.17, 15) is 4.79 Å². The van der Waals surface area contributed by atoms with Crippen molar-refractivity contribution in [1.82, 2.24) is 20.1 Å². The highest BCUT2D eigenvalue weighted by molar-refractivity contribution is 5.98. The molecule has 1 aliphatic rings. The summed E-state index contributed by atoms with van der Waals surface area (Å²) in [6.07, 6.45) is 4.73. The zero-order valence-electron chi connectivity index (χ0n) is 21.5. The molecule has 2 aromatic carbocycles. The molecule has 4 aromatic rings. The molecule has 38 heavy (non-hydrogen) atoms. The van der Waals surface area contributed by atoms with Gasteiger partial charge in [0.05, 0.1) is 24.0 Å². The van der Waals surface area contributed by atoms with Gasteiger partial charge in [0.25, 0.3) is 0 Å². The Kier molecular flexibility index (Phi) is 7.99. The number of pyridine rings is 1. The van der Waals surface area contributed by atoms with Gasteiger partial charge < -0.3 is 19.9 Å². The van der Waals surface area contributed by atoms with Crippen LogP contribution in [-0.2, 0) is 4.74 Å². The minimum atomic E-state index is -1.06. The Hall–Kier alpha value is -4.17. The molecule has 5 rings (SSSR count). The van der Waals surface area contributed by atoms with Crippen LogP contribution in [0.3, 0.4) is 0 Å². The average Bonchev–Trinajstić information content (AvgIpc) is 3.39. The van der Waals surface area contributed by atoms with E-state index in [0.29, 0.717) is 5.75 Å². The van der Waals surface area contributed by atoms with Crippen molar-refractivity contribution in [3.05, 3.63) is 89.7 Å². The van der Waals surface area contributed by atoms with Gasteiger partial charge in [-0.1, -0.05) is 49.4 Å². The number of ether oxygens (including phenoxy) is 2. The lowest BCUT2D eigenvalue weighted by molar-refractivity contribution is -0.0366. The van der Waals surface area contributed by atoms with Gasteiger partial charge in [0, 0.05) is 12.2 Å². The zero-order valence-corrected chi connectivity index (χ0v) is 21.5. The van der Waals surface area contributed by atoms with E-state index >= 15 is 0 Å². The monoisotopic (exact) mass is 512 g/mol. The summed E-state index contributed by atoms with van der Waals surface area (Å²) in [5.74, 6) is 0.676. The van der Waals surface area contributed by atoms with E-state index in [1.807, 2.05) is 41.2 Å². The number of carbonyl (C=O) groups is 1. The summed E-state index contributed by atoms with van der Waals surface area (Å²) < 4.78 is 13.6. The molecule has 0 radical (unpaired) electrons. The van der Waals surface area contributed by atoms with Gasteiger partial charge in [0.2, 0.25) is 0 Å². The van der Waals surface area contributed by atoms with Crippen molar-refractivity contribution in [1.29, 1.82) is 0 Å². The van der Waals surface area contributed by atoms with Crippen LogP contribution in [0.25, 0.3) is 22.2 Å². The Morgan fingerprint density at radius 3 is 2.61 bits per heavy atom. The van der Waals surface area contributed by atoms with Crippen LogP contribution in [0.5, 0.6) is 5.75 Å². The summed E-state index contributed by atoms with van der Waals surface area (Å²) in [5.41, 5.74) is 7.11. The van der Waals surface area contributed by atoms with Crippen LogP contribution in [0.4, 0.5) is 4.79 Å². The molecule has 1 aliphatic heterocycles. The van der Waals surface area contributed by atoms with Gasteiger partial charge in [-0.15, -0.1) is 0 Å². The fraction of sp³-hybridized carbons (Fsp3) is 0.300. The Morgan fingerprint density at radius 1 is 1.08 bits per heavy atom. The highest BCUT2D eigenvalue weighted by atomic mass is 16.5. The molecule has 2 N–H and O–H groups in total. The fourth-order valence-electron chi connectivity index (χ4n) is 4.91. The SMILES string of the molecule is CC/C(=C(/c1ccc(OCCNC(=O)O)cc1)c1ccc2c(cnn2C2CCCCO2)n1)c1ccccc1. The van der Waals surface area contributed by atoms with E-state index in [0.717, 1.165) is 65.7 Å². The van der Waals surface area contributed by atoms with Gasteiger partial charge in [-0.25, -0.2) is 14.5 Å². The summed E-state index contributed by atoms with van der Waals surface area (Å²) in [5, 5.41) is 15.7. The van der Waals surface area contributed by atoms with E-state index < -0.39 is 6.09 Å². The van der Waals surface area contributed by atoms with Crippen molar-refractivity contribution < 1.29 is 19.4 Å². The van der Waals surface area contributed by atoms with E-state index in [2.05, 4.69) is 53.7 Å². The van der Waals surface area contributed by atoms with Crippen molar-refractivity contribution in [3.8, 4) is 5.75 Å². The Bertz CT molecular complexity index is 1410. The molecule has 1 saturated heterocycles. The van der Waals surface area contributed by atoms with E-state index in [4.69, 9.17) is 19.6 Å². The molecule has 1 fully saturated rings. The van der Waals surface area contributed by atoms with Crippen molar-refractivity contribution in [2.75, 3.05) is 19.8 Å². The first-order valence-electron chi connectivity index (χ1n) is 13.1. The van der Waals surface area contributed by atoms with Crippen molar-refractivity contribution in [2.45, 2.75) is 38.8 Å². The third-order valence-corrected chi connectivity index (χ3v) is 6.71. The molecule has 0 saturated carbocycles. The van der Waals surface area contributed by atoms with Crippen LogP contribution in [0.1, 0.15) is 55.7 Å². The minimum Gasteiger partial charge on any atom is -0.492 e. The molecule has 8 heteroatoms. The molecule has 8 nitrogen and oxygen atoms in total. The van der Waals surface area contributed by atoms with Crippen LogP contribution < -0.4 is 10.1 Å². The van der Waals surface area contributed by atoms with Gasteiger partial charge in [-0.3, -0.25) is 0 Å². The number of nitrogens with one attached hydrogen (secondary N) is 1. The number of allylic oxidation sites excluding steroid dienone is 1. The molecule has 1 atom stereocenters. The standard InChI is InChI=1S/C30H32N4O4/c1-2-24(21-8-4-3-5-9-21)29(22-11-13-23(14-12-22)37-19-17-31-30(35)36)25-15-16-27-26(33-25)20-32-34(27)28-10-6-7-18-38-28/h3-5,8-9,11-16,20,28,31H,2,6-7,10,17-19H2,1H3,(H,35,36)/b29-24+. The number of hydrogen-bond donors (Lipinski definition) is 2. The number of benzene rings is 2. The van der Waals surface area contributed by atoms with Gasteiger partial charge >= 0.3 is 6.09 Å². The topological polar surface area (TPSA) is 98.5 Å². The second-order valence-electron chi connectivity index (χ2n) is 9.19. The molecular formula is C30H32N4O4. The second kappa shape index (κ2) is 11.9. The second-order valence-corrected chi connectivity index (χ2v) is 9.19. The van der Waals surface area contributed by atoms with Crippen molar-refractivity contribution >= 4 is 28.3 Å². The van der Waals surface area contributed by atoms with Gasteiger partial charge in [0.1, 0.15) is 17.9 Å². The highest BCUT2D eigenvalue weighted by Gasteiger charge is 2.20. The summed E-state index contributed by atoms with van der Waals surface area (Å²) in [6.45, 7) is 3.40. The predicted molar refractivity (Wildman–Crippen MR) is 147 cm³/mol. The first kappa shape index (κ1) is 25.5. The number of hydrogen-bond acceptors (Lipinski definition) is 5. The number of aromatic nitrogens is 3. The van der Waals surface area contributed by atoms with E-state index in [1.165, 1.54) is 5.57 Å². The minimum absolute atomic E-state index is 0.0438. The lowest BCUT2D eigenvalue weighted by Gasteiger charge is -2.23. The quantitative estimate of drug-likeness (QED) is 0.206. The number of fused-ring (bicyclic) bond motifs is 1. The largest absolute Gasteiger partial charge is 0.492 e. The molecule has 0 spiro atoms. The molecule has 1 amide bonds. The number of carboxylic acid groups (broad SMARTS) is 1. The number of amides is 1. The van der Waals surface area contributed by atoms with Crippen LogP contribution in [0.2, 0.25) is 0 Å². The van der Waals surface area contributed by atoms with Gasteiger partial charge in [-0.2, -0.15) is 5.10 Å². The lowest BCUT2D eigenvalue weighted by Crippen LogP contribution is -2.26. The average molecular weight is 513 g/mol. The number of rotatable bonds is 9. The summed E-state index contributed by atoms with van der Waals surface area (Å²) >= 11 is 0. The first-order valence-corrected chi connectivity index (χ1v) is 13.1. The highest BCUT2D eigenvalue weighted by Crippen LogP contribution is 2.35. The maximum absolute atomic E-state index is 10.6.